The van der Waals surface area contributed by atoms with E-state index in [0.29, 0.717) is 36.3 Å². The zero-order valence-corrected chi connectivity index (χ0v) is 31.7. The van der Waals surface area contributed by atoms with Crippen molar-refractivity contribution >= 4 is 63.8 Å². The van der Waals surface area contributed by atoms with E-state index in [4.69, 9.17) is 16.6 Å². The van der Waals surface area contributed by atoms with Gasteiger partial charge in [0.1, 0.15) is 11.1 Å². The summed E-state index contributed by atoms with van der Waals surface area (Å²) in [6.07, 6.45) is 15.8. The lowest BCUT2D eigenvalue weighted by Gasteiger charge is -2.39. The monoisotopic (exact) mass is 754 g/mol. The van der Waals surface area contributed by atoms with Crippen LogP contribution in [0.2, 0.25) is 5.02 Å². The van der Waals surface area contributed by atoms with Crippen LogP contribution >= 0.6 is 11.6 Å². The first-order valence-electron chi connectivity index (χ1n) is 19.8. The highest BCUT2D eigenvalue weighted by atomic mass is 35.5. The number of carbonyl (C=O) groups is 3. The summed E-state index contributed by atoms with van der Waals surface area (Å²) < 4.78 is 0. The van der Waals surface area contributed by atoms with Gasteiger partial charge in [-0.3, -0.25) is 24.7 Å². The average Bonchev–Trinajstić information content (AvgIpc) is 3.51. The van der Waals surface area contributed by atoms with Gasteiger partial charge < -0.3 is 30.2 Å². The molecule has 0 saturated carbocycles. The van der Waals surface area contributed by atoms with Crippen LogP contribution in [0.4, 0.5) is 34.5 Å². The number of pyridine rings is 1. The van der Waals surface area contributed by atoms with E-state index in [2.05, 4.69) is 52.8 Å². The summed E-state index contributed by atoms with van der Waals surface area (Å²) in [6.45, 7) is 7.68. The molecule has 7 heterocycles. The minimum atomic E-state index is -0.373. The fourth-order valence-corrected chi connectivity index (χ4v) is 9.11. The first-order chi connectivity index (χ1) is 26.3. The van der Waals surface area contributed by atoms with E-state index in [1.165, 1.54) is 31.4 Å². The van der Waals surface area contributed by atoms with Crippen molar-refractivity contribution in [1.29, 1.82) is 0 Å². The van der Waals surface area contributed by atoms with Crippen LogP contribution in [-0.4, -0.2) is 96.0 Å². The van der Waals surface area contributed by atoms with Gasteiger partial charge in [0.15, 0.2) is 5.82 Å². The molecule has 5 fully saturated rings. The molecule has 13 nitrogen and oxygen atoms in total. The minimum Gasteiger partial charge on any atom is -0.374 e. The SMILES string of the molecule is O=C1CCC(Nc2ccc(N3CCC(CCN4CCC5(CC4)CCN(c4cncc(Nc6ncc(Cl)c(N7CCCCC7)n6)c4)C5=O)CC3)cc2)C(=O)N1. The second-order valence-corrected chi connectivity index (χ2v) is 16.1. The number of aromatic nitrogens is 3. The number of imide groups is 1. The number of amides is 3. The molecule has 0 bridgehead atoms. The molecule has 0 aliphatic carbocycles. The summed E-state index contributed by atoms with van der Waals surface area (Å²) in [5.41, 5.74) is 3.35. The summed E-state index contributed by atoms with van der Waals surface area (Å²) in [6, 6.07) is 9.89. The number of rotatable bonds is 10. The molecule has 1 atom stereocenters. The van der Waals surface area contributed by atoms with E-state index in [0.717, 1.165) is 101 Å². The van der Waals surface area contributed by atoms with Gasteiger partial charge in [0, 0.05) is 50.5 Å². The van der Waals surface area contributed by atoms with Crippen LogP contribution in [0.3, 0.4) is 0 Å². The maximum absolute atomic E-state index is 14.0. The molecule has 1 unspecified atom stereocenters. The van der Waals surface area contributed by atoms with Gasteiger partial charge in [-0.15, -0.1) is 0 Å². The van der Waals surface area contributed by atoms with Gasteiger partial charge in [-0.1, -0.05) is 11.6 Å². The highest BCUT2D eigenvalue weighted by molar-refractivity contribution is 6.32. The molecule has 5 saturated heterocycles. The van der Waals surface area contributed by atoms with E-state index in [1.807, 2.05) is 23.1 Å². The predicted molar refractivity (Wildman–Crippen MR) is 211 cm³/mol. The molecule has 1 aromatic carbocycles. The molecule has 2 aromatic heterocycles. The molecular formula is C40H51ClN10O3. The third-order valence-electron chi connectivity index (χ3n) is 12.3. The molecule has 5 aliphatic rings. The molecule has 54 heavy (non-hydrogen) atoms. The van der Waals surface area contributed by atoms with Crippen LogP contribution in [-0.2, 0) is 14.4 Å². The van der Waals surface area contributed by atoms with Crippen LogP contribution in [0.25, 0.3) is 0 Å². The number of hydrogen-bond acceptors (Lipinski definition) is 11. The van der Waals surface area contributed by atoms with Crippen molar-refractivity contribution in [2.75, 3.05) is 77.7 Å². The van der Waals surface area contributed by atoms with Gasteiger partial charge in [-0.25, -0.2) is 4.98 Å². The first-order valence-corrected chi connectivity index (χ1v) is 20.2. The Balaban J connectivity index is 0.781. The highest BCUT2D eigenvalue weighted by Gasteiger charge is 2.48. The van der Waals surface area contributed by atoms with Crippen LogP contribution in [0.1, 0.15) is 70.6 Å². The maximum Gasteiger partial charge on any atom is 0.249 e. The fraction of sp³-hybridized carbons (Fsp3) is 0.550. The minimum absolute atomic E-state index is 0.201. The number of hydrogen-bond donors (Lipinski definition) is 3. The number of nitrogens with one attached hydrogen (secondary N) is 3. The molecule has 8 rings (SSSR count). The van der Waals surface area contributed by atoms with Crippen molar-refractivity contribution in [2.24, 2.45) is 11.3 Å². The molecule has 286 valence electrons. The molecule has 0 radical (unpaired) electrons. The lowest BCUT2D eigenvalue weighted by Crippen LogP contribution is -2.47. The zero-order valence-electron chi connectivity index (χ0n) is 30.9. The maximum atomic E-state index is 14.0. The third-order valence-corrected chi connectivity index (χ3v) is 12.5. The summed E-state index contributed by atoms with van der Waals surface area (Å²) in [5, 5.41) is 9.52. The van der Waals surface area contributed by atoms with Crippen molar-refractivity contribution in [2.45, 2.75) is 76.7 Å². The Morgan fingerprint density at radius 3 is 2.33 bits per heavy atom. The standard InChI is InChI=1S/C40H51ClN10O3/c41-33-27-43-39(47-36(33)50-16-2-1-3-17-50)45-30-24-32(26-42-25-30)51-23-15-40(38(51)54)13-21-48(22-14-40)18-10-28-11-19-49(20-12-28)31-6-4-29(5-7-31)44-34-8-9-35(52)46-37(34)53/h4-7,24-28,34,44H,1-3,8-23H2,(H,43,45,47)(H,46,52,53). The second-order valence-electron chi connectivity index (χ2n) is 15.7. The Labute approximate surface area is 322 Å². The van der Waals surface area contributed by atoms with Gasteiger partial charge in [0.25, 0.3) is 0 Å². The molecular weight excluding hydrogens is 704 g/mol. The van der Waals surface area contributed by atoms with Crippen LogP contribution in [0.5, 0.6) is 0 Å². The third kappa shape index (κ3) is 8.12. The lowest BCUT2D eigenvalue weighted by atomic mass is 9.77. The lowest BCUT2D eigenvalue weighted by molar-refractivity contribution is -0.133. The van der Waals surface area contributed by atoms with Crippen molar-refractivity contribution in [1.82, 2.24) is 25.2 Å². The van der Waals surface area contributed by atoms with E-state index >= 15 is 0 Å². The van der Waals surface area contributed by atoms with Crippen molar-refractivity contribution in [3.8, 4) is 0 Å². The zero-order chi connectivity index (χ0) is 37.1. The van der Waals surface area contributed by atoms with Gasteiger partial charge in [-0.2, -0.15) is 4.98 Å². The van der Waals surface area contributed by atoms with Gasteiger partial charge in [0.2, 0.25) is 23.7 Å². The number of likely N-dealkylation sites (tertiary alicyclic amines) is 1. The van der Waals surface area contributed by atoms with Crippen LogP contribution in [0.15, 0.2) is 48.9 Å². The number of benzene rings is 1. The van der Waals surface area contributed by atoms with Crippen LogP contribution < -0.4 is 30.7 Å². The quantitative estimate of drug-likeness (QED) is 0.223. The Kier molecular flexibility index (Phi) is 10.9. The highest BCUT2D eigenvalue weighted by Crippen LogP contribution is 2.43. The first kappa shape index (κ1) is 36.5. The van der Waals surface area contributed by atoms with Gasteiger partial charge in [-0.05, 0) is 120 Å². The summed E-state index contributed by atoms with van der Waals surface area (Å²) in [5.74, 6) is 1.70. The van der Waals surface area contributed by atoms with Gasteiger partial charge in [0.05, 0.1) is 35.4 Å². The summed E-state index contributed by atoms with van der Waals surface area (Å²) in [4.78, 5) is 60.3. The van der Waals surface area contributed by atoms with E-state index in [1.54, 1.807) is 18.6 Å². The van der Waals surface area contributed by atoms with Crippen molar-refractivity contribution in [3.63, 3.8) is 0 Å². The smallest absolute Gasteiger partial charge is 0.249 e. The van der Waals surface area contributed by atoms with Crippen LogP contribution in [0, 0.1) is 11.3 Å². The molecule has 14 heteroatoms. The number of carbonyl (C=O) groups excluding carboxylic acids is 3. The molecule has 3 amide bonds. The average molecular weight is 755 g/mol. The normalized spacial score (nSPS) is 22.5. The van der Waals surface area contributed by atoms with Crippen molar-refractivity contribution in [3.05, 3.63) is 53.9 Å². The van der Waals surface area contributed by atoms with E-state index in [9.17, 15) is 14.4 Å². The Morgan fingerprint density at radius 2 is 1.57 bits per heavy atom. The summed E-state index contributed by atoms with van der Waals surface area (Å²) in [7, 11) is 0. The van der Waals surface area contributed by atoms with Gasteiger partial charge >= 0.3 is 0 Å². The largest absolute Gasteiger partial charge is 0.374 e. The van der Waals surface area contributed by atoms with Crippen molar-refractivity contribution < 1.29 is 14.4 Å². The number of halogens is 1. The Morgan fingerprint density at radius 1 is 0.815 bits per heavy atom. The Hall–Kier alpha value is -4.49. The molecule has 1 spiro atoms. The number of piperidine rings is 4. The number of anilines is 6. The molecule has 5 aliphatic heterocycles. The molecule has 3 aromatic rings. The fourth-order valence-electron chi connectivity index (χ4n) is 8.90. The topological polar surface area (TPSA) is 139 Å². The summed E-state index contributed by atoms with van der Waals surface area (Å²) >= 11 is 6.48. The Bertz CT molecular complexity index is 1820. The number of nitrogens with zero attached hydrogens (tertiary/aromatic N) is 7. The van der Waals surface area contributed by atoms with E-state index < -0.39 is 0 Å². The van der Waals surface area contributed by atoms with E-state index in [-0.39, 0.29) is 29.2 Å². The molecule has 3 N–H and O–H groups in total. The predicted octanol–water partition coefficient (Wildman–Crippen LogP) is 5.60. The second kappa shape index (κ2) is 16.1.